The minimum absolute atomic E-state index is 0.0182. The summed E-state index contributed by atoms with van der Waals surface area (Å²) >= 11 is 1.16. The molecule has 0 radical (unpaired) electrons. The van der Waals surface area contributed by atoms with E-state index in [1.54, 1.807) is 23.1 Å². The lowest BCUT2D eigenvalue weighted by molar-refractivity contribution is -0.117. The fourth-order valence-corrected chi connectivity index (χ4v) is 4.69. The molecule has 0 N–H and O–H groups in total. The van der Waals surface area contributed by atoms with E-state index in [1.165, 1.54) is 18.4 Å². The minimum Gasteiger partial charge on any atom is -0.311 e. The van der Waals surface area contributed by atoms with Crippen molar-refractivity contribution in [1.82, 2.24) is 0 Å². The van der Waals surface area contributed by atoms with Gasteiger partial charge in [-0.2, -0.15) is 0 Å². The molecule has 5 nitrogen and oxygen atoms in total. The van der Waals surface area contributed by atoms with Gasteiger partial charge in [-0.15, -0.1) is 0 Å². The topological polar surface area (TPSA) is 71.5 Å². The van der Waals surface area contributed by atoms with E-state index >= 15 is 0 Å². The molecule has 1 fully saturated rings. The smallest absolute Gasteiger partial charge is 0.228 e. The fraction of sp³-hybridized carbons (Fsp3) is 0.286. The van der Waals surface area contributed by atoms with Crippen molar-refractivity contribution in [2.45, 2.75) is 23.5 Å². The number of thioether (sulfide) groups is 1. The van der Waals surface area contributed by atoms with Crippen LogP contribution in [0.1, 0.15) is 18.9 Å². The number of carbonyl (C=O) groups is 2. The van der Waals surface area contributed by atoms with Crippen molar-refractivity contribution >= 4 is 44.4 Å². The van der Waals surface area contributed by atoms with Crippen LogP contribution >= 0.6 is 11.8 Å². The zero-order chi connectivity index (χ0) is 15.2. The van der Waals surface area contributed by atoms with E-state index in [9.17, 15) is 18.0 Å². The highest BCUT2D eigenvalue weighted by Gasteiger charge is 2.33. The molecule has 1 atom stereocenters. The summed E-state index contributed by atoms with van der Waals surface area (Å²) in [4.78, 5) is 25.0. The third-order valence-corrected chi connectivity index (χ3v) is 5.91. The maximum Gasteiger partial charge on any atom is 0.228 e. The average molecular weight is 323 g/mol. The van der Waals surface area contributed by atoms with Gasteiger partial charge in [-0.3, -0.25) is 9.59 Å². The van der Waals surface area contributed by atoms with E-state index < -0.39 is 9.84 Å². The molecule has 2 aliphatic rings. The number of amides is 1. The number of carbonyl (C=O) groups excluding carboxylic acids is 2. The Morgan fingerprint density at radius 1 is 1.38 bits per heavy atom. The van der Waals surface area contributed by atoms with Crippen molar-refractivity contribution in [3.63, 3.8) is 0 Å². The van der Waals surface area contributed by atoms with E-state index in [4.69, 9.17) is 0 Å². The molecule has 21 heavy (non-hydrogen) atoms. The van der Waals surface area contributed by atoms with E-state index in [0.29, 0.717) is 24.2 Å². The zero-order valence-corrected chi connectivity index (χ0v) is 12.9. The molecule has 2 aliphatic heterocycles. The molecule has 2 heterocycles. The van der Waals surface area contributed by atoms with Crippen LogP contribution in [-0.2, 0) is 19.4 Å². The molecule has 1 amide bonds. The van der Waals surface area contributed by atoms with Crippen molar-refractivity contribution in [3.05, 3.63) is 29.2 Å². The Morgan fingerprint density at radius 2 is 2.14 bits per heavy atom. The predicted molar refractivity (Wildman–Crippen MR) is 81.7 cm³/mol. The van der Waals surface area contributed by atoms with Gasteiger partial charge in [0.25, 0.3) is 0 Å². The van der Waals surface area contributed by atoms with Crippen molar-refractivity contribution < 1.29 is 18.0 Å². The summed E-state index contributed by atoms with van der Waals surface area (Å²) in [5, 5.41) is 1.08. The molecule has 1 aromatic rings. The van der Waals surface area contributed by atoms with Crippen LogP contribution in [0.2, 0.25) is 0 Å². The van der Waals surface area contributed by atoms with Crippen LogP contribution in [0.15, 0.2) is 28.5 Å². The Kier molecular flexibility index (Phi) is 3.41. The lowest BCUT2D eigenvalue weighted by Gasteiger charge is -2.17. The van der Waals surface area contributed by atoms with Gasteiger partial charge in [-0.05, 0) is 23.8 Å². The van der Waals surface area contributed by atoms with Crippen LogP contribution in [0.25, 0.3) is 6.08 Å². The molecule has 3 rings (SSSR count). The number of hydrogen-bond acceptors (Lipinski definition) is 5. The zero-order valence-electron chi connectivity index (χ0n) is 11.3. The lowest BCUT2D eigenvalue weighted by Crippen LogP contribution is -2.25. The van der Waals surface area contributed by atoms with Gasteiger partial charge in [0.1, 0.15) is 0 Å². The first-order valence-electron chi connectivity index (χ1n) is 6.41. The summed E-state index contributed by atoms with van der Waals surface area (Å²) in [6.45, 7) is 1.90. The van der Waals surface area contributed by atoms with E-state index in [-0.39, 0.29) is 21.2 Å². The van der Waals surface area contributed by atoms with E-state index in [1.807, 2.05) is 0 Å². The van der Waals surface area contributed by atoms with Crippen LogP contribution in [0.5, 0.6) is 0 Å². The summed E-state index contributed by atoms with van der Waals surface area (Å²) in [6.07, 6.45) is 1.85. The molecule has 1 saturated heterocycles. The standard InChI is InChI=1S/C14H13NO4S2/c1-9(16)20-12-7-14(17)15(8-12)11-3-2-10-4-5-21(18,19)13(10)6-11/h2-6,12H,7-8H2,1H3. The third-order valence-electron chi connectivity index (χ3n) is 3.46. The third kappa shape index (κ3) is 2.63. The van der Waals surface area contributed by atoms with Gasteiger partial charge in [-0.1, -0.05) is 17.8 Å². The van der Waals surface area contributed by atoms with Crippen molar-refractivity contribution in [2.24, 2.45) is 0 Å². The maximum absolute atomic E-state index is 12.1. The quantitative estimate of drug-likeness (QED) is 0.830. The van der Waals surface area contributed by atoms with Gasteiger partial charge in [0.05, 0.1) is 4.90 Å². The molecular formula is C14H13NO4S2. The maximum atomic E-state index is 12.1. The fourth-order valence-electron chi connectivity index (χ4n) is 2.55. The van der Waals surface area contributed by atoms with Gasteiger partial charge < -0.3 is 4.90 Å². The molecule has 110 valence electrons. The van der Waals surface area contributed by atoms with Gasteiger partial charge in [0.15, 0.2) is 5.12 Å². The molecule has 0 spiro atoms. The normalized spacial score (nSPS) is 22.6. The Bertz CT molecular complexity index is 767. The lowest BCUT2D eigenvalue weighted by atomic mass is 10.2. The summed E-state index contributed by atoms with van der Waals surface area (Å²) in [5.74, 6) is -0.0861. The first-order chi connectivity index (χ1) is 9.87. The predicted octanol–water partition coefficient (Wildman–Crippen LogP) is 1.83. The highest BCUT2D eigenvalue weighted by atomic mass is 32.2. The first-order valence-corrected chi connectivity index (χ1v) is 8.84. The van der Waals surface area contributed by atoms with Gasteiger partial charge in [-0.25, -0.2) is 8.42 Å². The highest BCUT2D eigenvalue weighted by Crippen LogP contribution is 2.34. The summed E-state index contributed by atoms with van der Waals surface area (Å²) in [7, 11) is -3.39. The Hall–Kier alpha value is -1.60. The summed E-state index contributed by atoms with van der Waals surface area (Å²) in [5.41, 5.74) is 1.21. The van der Waals surface area contributed by atoms with Crippen molar-refractivity contribution in [2.75, 3.05) is 11.4 Å². The molecule has 1 unspecified atom stereocenters. The number of sulfone groups is 1. The van der Waals surface area contributed by atoms with Crippen LogP contribution in [-0.4, -0.2) is 31.2 Å². The van der Waals surface area contributed by atoms with Crippen LogP contribution in [0, 0.1) is 0 Å². The second kappa shape index (κ2) is 4.99. The summed E-state index contributed by atoms with van der Waals surface area (Å²) < 4.78 is 23.7. The Morgan fingerprint density at radius 3 is 2.86 bits per heavy atom. The van der Waals surface area contributed by atoms with Crippen molar-refractivity contribution in [1.29, 1.82) is 0 Å². The molecule has 1 aromatic carbocycles. The molecule has 0 aliphatic carbocycles. The molecule has 0 aromatic heterocycles. The van der Waals surface area contributed by atoms with Crippen LogP contribution in [0.3, 0.4) is 0 Å². The molecule has 0 bridgehead atoms. The number of nitrogens with zero attached hydrogens (tertiary/aromatic N) is 1. The first kappa shape index (κ1) is 14.3. The van der Waals surface area contributed by atoms with Gasteiger partial charge in [0.2, 0.25) is 15.7 Å². The Labute approximate surface area is 126 Å². The van der Waals surface area contributed by atoms with Gasteiger partial charge in [0, 0.05) is 36.2 Å². The number of benzene rings is 1. The average Bonchev–Trinajstić information content (AvgIpc) is 2.90. The number of hydrogen-bond donors (Lipinski definition) is 0. The van der Waals surface area contributed by atoms with E-state index in [2.05, 4.69) is 0 Å². The summed E-state index contributed by atoms with van der Waals surface area (Å²) in [6, 6.07) is 4.97. The molecule has 7 heteroatoms. The highest BCUT2D eigenvalue weighted by molar-refractivity contribution is 8.14. The van der Waals surface area contributed by atoms with Crippen molar-refractivity contribution in [3.8, 4) is 0 Å². The SMILES string of the molecule is CC(=O)SC1CC(=O)N(c2ccc3c(c2)S(=O)(=O)C=C3)C1. The number of anilines is 1. The Balaban J connectivity index is 1.89. The number of rotatable bonds is 2. The van der Waals surface area contributed by atoms with Gasteiger partial charge >= 0.3 is 0 Å². The monoisotopic (exact) mass is 323 g/mol. The second-order valence-electron chi connectivity index (χ2n) is 5.01. The minimum atomic E-state index is -3.39. The number of fused-ring (bicyclic) bond motifs is 1. The largest absolute Gasteiger partial charge is 0.311 e. The molecule has 0 saturated carbocycles. The second-order valence-corrected chi connectivity index (χ2v) is 8.29. The molecular weight excluding hydrogens is 310 g/mol. The van der Waals surface area contributed by atoms with Crippen LogP contribution < -0.4 is 4.90 Å². The van der Waals surface area contributed by atoms with Crippen LogP contribution in [0.4, 0.5) is 5.69 Å². The van der Waals surface area contributed by atoms with E-state index in [0.717, 1.165) is 11.8 Å².